The van der Waals surface area contributed by atoms with E-state index in [2.05, 4.69) is 0 Å². The molecule has 0 radical (unpaired) electrons. The van der Waals surface area contributed by atoms with Crippen LogP contribution in [-0.2, 0) is 21.2 Å². The Hall–Kier alpha value is -1.06. The van der Waals surface area contributed by atoms with E-state index in [0.29, 0.717) is 41.6 Å². The lowest BCUT2D eigenvalue weighted by Gasteiger charge is -2.19. The largest absolute Gasteiger partial charge is 0.456 e. The van der Waals surface area contributed by atoms with Crippen LogP contribution in [0.1, 0.15) is 41.7 Å². The third-order valence-electron chi connectivity index (χ3n) is 3.97. The Balaban J connectivity index is 1.84. The first kappa shape index (κ1) is 25.2. The Kier molecular flexibility index (Phi) is 9.24. The van der Waals surface area contributed by atoms with Crippen molar-refractivity contribution in [3.05, 3.63) is 51.2 Å². The van der Waals surface area contributed by atoms with Crippen LogP contribution in [0.15, 0.2) is 41.3 Å². The number of halogens is 1. The molecule has 5 nitrogen and oxygen atoms in total. The summed E-state index contributed by atoms with van der Waals surface area (Å²) in [6, 6.07) is 11.2. The summed E-state index contributed by atoms with van der Waals surface area (Å²) in [6.45, 7) is 6.38. The summed E-state index contributed by atoms with van der Waals surface area (Å²) in [5, 5.41) is 0.668. The van der Waals surface area contributed by atoms with Crippen molar-refractivity contribution in [2.45, 2.75) is 44.1 Å². The Labute approximate surface area is 192 Å². The third kappa shape index (κ3) is 8.98. The lowest BCUT2D eigenvalue weighted by molar-refractivity contribution is 0.00752. The van der Waals surface area contributed by atoms with Crippen LogP contribution in [0.3, 0.4) is 0 Å². The molecule has 1 aromatic carbocycles. The number of ether oxygens (including phenoxy) is 1. The van der Waals surface area contributed by atoms with Crippen molar-refractivity contribution in [3.63, 3.8) is 0 Å². The predicted molar refractivity (Wildman–Crippen MR) is 126 cm³/mol. The second kappa shape index (κ2) is 11.0. The molecule has 30 heavy (non-hydrogen) atoms. The Bertz CT molecular complexity index is 951. The topological polar surface area (TPSA) is 63.7 Å². The highest BCUT2D eigenvalue weighted by molar-refractivity contribution is 7.99. The second-order valence-electron chi connectivity index (χ2n) is 7.84. The fourth-order valence-electron chi connectivity index (χ4n) is 2.65. The van der Waals surface area contributed by atoms with E-state index in [1.165, 1.54) is 21.9 Å². The van der Waals surface area contributed by atoms with Crippen LogP contribution in [0.4, 0.5) is 0 Å². The number of hydrogen-bond acceptors (Lipinski definition) is 6. The molecule has 0 fully saturated rings. The molecule has 0 unspecified atom stereocenters. The Morgan fingerprint density at radius 3 is 2.57 bits per heavy atom. The first-order chi connectivity index (χ1) is 13.9. The molecule has 0 N–H and O–H groups in total. The summed E-state index contributed by atoms with van der Waals surface area (Å²) >= 11 is 8.97. The van der Waals surface area contributed by atoms with Crippen molar-refractivity contribution in [1.29, 1.82) is 0 Å². The summed E-state index contributed by atoms with van der Waals surface area (Å²) in [5.41, 5.74) is -0.527. The molecule has 0 saturated carbocycles. The van der Waals surface area contributed by atoms with Gasteiger partial charge in [0.25, 0.3) is 0 Å². The lowest BCUT2D eigenvalue weighted by atomic mass is 10.2. The van der Waals surface area contributed by atoms with Gasteiger partial charge in [0.15, 0.2) is 0 Å². The number of sulfonamides is 1. The number of thiophene rings is 1. The zero-order valence-corrected chi connectivity index (χ0v) is 20.9. The van der Waals surface area contributed by atoms with Gasteiger partial charge in [0.2, 0.25) is 10.0 Å². The van der Waals surface area contributed by atoms with E-state index in [-0.39, 0.29) is 5.97 Å². The number of thioether (sulfide) groups is 1. The summed E-state index contributed by atoms with van der Waals surface area (Å²) in [7, 11) is -3.29. The number of nitrogens with zero attached hydrogens (tertiary/aromatic N) is 1. The standard InChI is InChI=1S/C21H28ClNO4S3/c1-21(2,3)27-20(24)19-11-10-17(29-19)9-6-12-23(30(4,25)26)13-14-28-18-8-5-7-16(22)15-18/h5,7-8,10-11,15H,6,9,12-14H2,1-4H3. The van der Waals surface area contributed by atoms with Crippen LogP contribution in [0, 0.1) is 0 Å². The van der Waals surface area contributed by atoms with Gasteiger partial charge < -0.3 is 4.74 Å². The van der Waals surface area contributed by atoms with Crippen LogP contribution in [0.25, 0.3) is 0 Å². The van der Waals surface area contributed by atoms with Gasteiger partial charge >= 0.3 is 5.97 Å². The fourth-order valence-corrected chi connectivity index (χ4v) is 5.76. The van der Waals surface area contributed by atoms with Gasteiger partial charge in [0.05, 0.1) is 6.26 Å². The smallest absolute Gasteiger partial charge is 0.348 e. The van der Waals surface area contributed by atoms with Gasteiger partial charge in [0.1, 0.15) is 10.5 Å². The molecular formula is C21H28ClNO4S3. The lowest BCUT2D eigenvalue weighted by Crippen LogP contribution is -2.33. The molecule has 1 heterocycles. The monoisotopic (exact) mass is 489 g/mol. The minimum Gasteiger partial charge on any atom is -0.456 e. The van der Waals surface area contributed by atoms with Crippen molar-refractivity contribution >= 4 is 50.7 Å². The van der Waals surface area contributed by atoms with Crippen molar-refractivity contribution < 1.29 is 17.9 Å². The molecule has 0 aliphatic heterocycles. The van der Waals surface area contributed by atoms with Gasteiger partial charge in [-0.1, -0.05) is 17.7 Å². The highest BCUT2D eigenvalue weighted by Crippen LogP contribution is 2.23. The summed E-state index contributed by atoms with van der Waals surface area (Å²) in [5.74, 6) is 0.324. The number of carbonyl (C=O) groups is 1. The zero-order valence-electron chi connectivity index (χ0n) is 17.7. The Morgan fingerprint density at radius 1 is 1.20 bits per heavy atom. The molecule has 166 valence electrons. The number of carbonyl (C=O) groups excluding carboxylic acids is 1. The highest BCUT2D eigenvalue weighted by Gasteiger charge is 2.20. The van der Waals surface area contributed by atoms with E-state index >= 15 is 0 Å². The van der Waals surface area contributed by atoms with E-state index < -0.39 is 15.6 Å². The summed E-state index contributed by atoms with van der Waals surface area (Å²) in [6.07, 6.45) is 2.63. The van der Waals surface area contributed by atoms with Gasteiger partial charge in [0, 0.05) is 33.6 Å². The molecule has 0 aliphatic carbocycles. The van der Waals surface area contributed by atoms with Crippen LogP contribution in [-0.4, -0.2) is 49.4 Å². The highest BCUT2D eigenvalue weighted by atomic mass is 35.5. The zero-order chi connectivity index (χ0) is 22.4. The van der Waals surface area contributed by atoms with E-state index in [9.17, 15) is 13.2 Å². The van der Waals surface area contributed by atoms with E-state index in [1.54, 1.807) is 17.8 Å². The molecule has 2 rings (SSSR count). The molecule has 0 aliphatic rings. The number of hydrogen-bond donors (Lipinski definition) is 0. The Morgan fingerprint density at radius 2 is 1.93 bits per heavy atom. The van der Waals surface area contributed by atoms with Crippen molar-refractivity contribution in [3.8, 4) is 0 Å². The van der Waals surface area contributed by atoms with Crippen molar-refractivity contribution in [1.82, 2.24) is 4.31 Å². The maximum absolute atomic E-state index is 12.1. The van der Waals surface area contributed by atoms with Crippen molar-refractivity contribution in [2.24, 2.45) is 0 Å². The van der Waals surface area contributed by atoms with Gasteiger partial charge in [-0.05, 0) is 63.9 Å². The average molecular weight is 490 g/mol. The molecule has 0 spiro atoms. The summed E-state index contributed by atoms with van der Waals surface area (Å²) in [4.78, 5) is 14.8. The molecule has 0 bridgehead atoms. The van der Waals surface area contributed by atoms with Gasteiger partial charge in [-0.3, -0.25) is 0 Å². The number of benzene rings is 1. The van der Waals surface area contributed by atoms with Crippen LogP contribution >= 0.6 is 34.7 Å². The first-order valence-corrected chi connectivity index (χ1v) is 13.6. The maximum Gasteiger partial charge on any atom is 0.348 e. The minimum absolute atomic E-state index is 0.324. The molecular weight excluding hydrogens is 462 g/mol. The van der Waals surface area contributed by atoms with Gasteiger partial charge in [-0.25, -0.2) is 17.5 Å². The fraction of sp³-hybridized carbons (Fsp3) is 0.476. The van der Waals surface area contributed by atoms with Crippen LogP contribution in [0.2, 0.25) is 5.02 Å². The van der Waals surface area contributed by atoms with E-state index in [4.69, 9.17) is 16.3 Å². The van der Waals surface area contributed by atoms with Crippen LogP contribution in [0.5, 0.6) is 0 Å². The van der Waals surface area contributed by atoms with Crippen LogP contribution < -0.4 is 0 Å². The quantitative estimate of drug-likeness (QED) is 0.333. The van der Waals surface area contributed by atoms with Crippen molar-refractivity contribution in [2.75, 3.05) is 25.1 Å². The predicted octanol–water partition coefficient (Wildman–Crippen LogP) is 5.34. The molecule has 1 aromatic heterocycles. The van der Waals surface area contributed by atoms with E-state index in [1.807, 2.05) is 51.1 Å². The van der Waals surface area contributed by atoms with Gasteiger partial charge in [-0.15, -0.1) is 23.1 Å². The minimum atomic E-state index is -3.29. The number of esters is 1. The second-order valence-corrected chi connectivity index (χ2v) is 12.6. The van der Waals surface area contributed by atoms with Gasteiger partial charge in [-0.2, -0.15) is 0 Å². The molecule has 9 heteroatoms. The first-order valence-electron chi connectivity index (χ1n) is 9.59. The summed E-state index contributed by atoms with van der Waals surface area (Å²) < 4.78 is 31.2. The number of aryl methyl sites for hydroxylation is 1. The molecule has 0 atom stereocenters. The normalized spacial score (nSPS) is 12.3. The maximum atomic E-state index is 12.1. The average Bonchev–Trinajstić information content (AvgIpc) is 3.07. The molecule has 0 amide bonds. The number of rotatable bonds is 10. The molecule has 2 aromatic rings. The third-order valence-corrected chi connectivity index (χ3v) is 7.60. The molecule has 0 saturated heterocycles. The SMILES string of the molecule is CC(C)(C)OC(=O)c1ccc(CCCN(CCSc2cccc(Cl)c2)S(C)(=O)=O)s1. The van der Waals surface area contributed by atoms with E-state index in [0.717, 1.165) is 9.77 Å².